The lowest BCUT2D eigenvalue weighted by Crippen LogP contribution is -2.13. The molecule has 1 aliphatic heterocycles. The molecule has 0 fully saturated rings. The summed E-state index contributed by atoms with van der Waals surface area (Å²) in [6.45, 7) is 0.0554. The van der Waals surface area contributed by atoms with Crippen LogP contribution in [0.15, 0.2) is 30.3 Å². The zero-order valence-corrected chi connectivity index (χ0v) is 13.9. The number of benzene rings is 2. The second kappa shape index (κ2) is 6.59. The number of esters is 1. The van der Waals surface area contributed by atoms with Crippen molar-refractivity contribution in [2.24, 2.45) is 0 Å². The first-order valence-electron chi connectivity index (χ1n) is 6.78. The SMILES string of the molecule is COC(=O)c1cc(NC(=O)c2cc(Cl)c3c(c2)OCO3)ccc1Cl. The number of halogens is 2. The minimum absolute atomic E-state index is 0.0554. The molecule has 0 atom stereocenters. The monoisotopic (exact) mass is 367 g/mol. The number of methoxy groups -OCH3 is 1. The summed E-state index contributed by atoms with van der Waals surface area (Å²) in [5, 5.41) is 3.17. The summed E-state index contributed by atoms with van der Waals surface area (Å²) in [5.41, 5.74) is 0.832. The number of nitrogens with one attached hydrogen (secondary N) is 1. The molecule has 124 valence electrons. The first-order chi connectivity index (χ1) is 11.5. The minimum Gasteiger partial charge on any atom is -0.465 e. The molecule has 1 N–H and O–H groups in total. The average molecular weight is 368 g/mol. The molecular formula is C16H11Cl2NO5. The molecule has 6 nitrogen and oxygen atoms in total. The van der Waals surface area contributed by atoms with Crippen LogP contribution < -0.4 is 14.8 Å². The molecule has 0 unspecified atom stereocenters. The summed E-state index contributed by atoms with van der Waals surface area (Å²) >= 11 is 12.0. The van der Waals surface area contributed by atoms with Gasteiger partial charge in [-0.25, -0.2) is 4.79 Å². The molecule has 2 aromatic carbocycles. The van der Waals surface area contributed by atoms with Crippen molar-refractivity contribution in [2.45, 2.75) is 0 Å². The highest BCUT2D eigenvalue weighted by atomic mass is 35.5. The van der Waals surface area contributed by atoms with Gasteiger partial charge in [0.25, 0.3) is 5.91 Å². The van der Waals surface area contributed by atoms with Gasteiger partial charge in [0.1, 0.15) is 0 Å². The highest BCUT2D eigenvalue weighted by Crippen LogP contribution is 2.39. The van der Waals surface area contributed by atoms with Crippen molar-refractivity contribution in [1.29, 1.82) is 0 Å². The highest BCUT2D eigenvalue weighted by molar-refractivity contribution is 6.34. The molecule has 1 aliphatic rings. The summed E-state index contributed by atoms with van der Waals surface area (Å²) < 4.78 is 15.1. The van der Waals surface area contributed by atoms with Gasteiger partial charge in [-0.2, -0.15) is 0 Å². The normalized spacial score (nSPS) is 12.0. The van der Waals surface area contributed by atoms with E-state index in [-0.39, 0.29) is 22.4 Å². The number of carbonyl (C=O) groups excluding carboxylic acids is 2. The van der Waals surface area contributed by atoms with Crippen molar-refractivity contribution in [3.63, 3.8) is 0 Å². The predicted octanol–water partition coefficient (Wildman–Crippen LogP) is 3.76. The summed E-state index contributed by atoms with van der Waals surface area (Å²) in [6, 6.07) is 7.50. The molecule has 0 saturated carbocycles. The number of ether oxygens (including phenoxy) is 3. The van der Waals surface area contributed by atoms with Crippen molar-refractivity contribution in [3.8, 4) is 11.5 Å². The lowest BCUT2D eigenvalue weighted by atomic mass is 10.1. The molecule has 0 aliphatic carbocycles. The standard InChI is InChI=1S/C16H11Cl2NO5/c1-22-16(21)10-6-9(2-3-11(10)17)19-15(20)8-4-12(18)14-13(5-8)23-7-24-14/h2-6H,7H2,1H3,(H,19,20). The first kappa shape index (κ1) is 16.4. The Kier molecular flexibility index (Phi) is 4.51. The van der Waals surface area contributed by atoms with Crippen LogP contribution in [0.4, 0.5) is 5.69 Å². The Bertz CT molecular complexity index is 837. The second-order valence-electron chi connectivity index (χ2n) is 4.83. The average Bonchev–Trinajstić information content (AvgIpc) is 3.05. The molecule has 24 heavy (non-hydrogen) atoms. The summed E-state index contributed by atoms with van der Waals surface area (Å²) in [5.74, 6) is -0.206. The maximum absolute atomic E-state index is 12.4. The molecule has 0 aromatic heterocycles. The van der Waals surface area contributed by atoms with E-state index < -0.39 is 11.9 Å². The topological polar surface area (TPSA) is 73.9 Å². The Balaban J connectivity index is 1.85. The van der Waals surface area contributed by atoms with Gasteiger partial charge in [0.05, 0.1) is 22.7 Å². The van der Waals surface area contributed by atoms with Crippen LogP contribution in [0.5, 0.6) is 11.5 Å². The summed E-state index contributed by atoms with van der Waals surface area (Å²) in [7, 11) is 1.25. The van der Waals surface area contributed by atoms with Crippen LogP contribution in [0.1, 0.15) is 20.7 Å². The van der Waals surface area contributed by atoms with E-state index in [0.29, 0.717) is 22.7 Å². The molecule has 0 radical (unpaired) electrons. The van der Waals surface area contributed by atoms with Crippen LogP contribution in [-0.4, -0.2) is 25.8 Å². The third kappa shape index (κ3) is 3.11. The van der Waals surface area contributed by atoms with E-state index in [0.717, 1.165) is 0 Å². The van der Waals surface area contributed by atoms with Gasteiger partial charge in [0, 0.05) is 11.3 Å². The van der Waals surface area contributed by atoms with Crippen molar-refractivity contribution in [2.75, 3.05) is 19.2 Å². The van der Waals surface area contributed by atoms with Crippen molar-refractivity contribution in [1.82, 2.24) is 0 Å². The molecular weight excluding hydrogens is 357 g/mol. The predicted molar refractivity (Wildman–Crippen MR) is 88.3 cm³/mol. The fraction of sp³-hybridized carbons (Fsp3) is 0.125. The molecule has 0 bridgehead atoms. The van der Waals surface area contributed by atoms with E-state index in [1.165, 1.54) is 31.4 Å². The van der Waals surface area contributed by atoms with Crippen LogP contribution >= 0.6 is 23.2 Å². The Morgan fingerprint density at radius 2 is 1.92 bits per heavy atom. The van der Waals surface area contributed by atoms with Crippen LogP contribution in [0.3, 0.4) is 0 Å². The number of anilines is 1. The van der Waals surface area contributed by atoms with Crippen molar-refractivity contribution in [3.05, 3.63) is 51.5 Å². The zero-order valence-electron chi connectivity index (χ0n) is 12.4. The van der Waals surface area contributed by atoms with E-state index in [9.17, 15) is 9.59 Å². The number of rotatable bonds is 3. The Hall–Kier alpha value is -2.44. The van der Waals surface area contributed by atoms with E-state index in [4.69, 9.17) is 32.7 Å². The fourth-order valence-corrected chi connectivity index (χ4v) is 2.63. The third-order valence-corrected chi connectivity index (χ3v) is 3.93. The number of hydrogen-bond donors (Lipinski definition) is 1. The van der Waals surface area contributed by atoms with Gasteiger partial charge in [-0.05, 0) is 30.3 Å². The number of fused-ring (bicyclic) bond motifs is 1. The molecule has 1 amide bonds. The molecule has 0 saturated heterocycles. The second-order valence-corrected chi connectivity index (χ2v) is 5.65. The van der Waals surface area contributed by atoms with E-state index in [2.05, 4.69) is 10.1 Å². The zero-order chi connectivity index (χ0) is 17.3. The lowest BCUT2D eigenvalue weighted by Gasteiger charge is -2.09. The summed E-state index contributed by atoms with van der Waals surface area (Å²) in [6.07, 6.45) is 0. The number of carbonyl (C=O) groups is 2. The molecule has 2 aromatic rings. The first-order valence-corrected chi connectivity index (χ1v) is 7.53. The smallest absolute Gasteiger partial charge is 0.339 e. The maximum Gasteiger partial charge on any atom is 0.339 e. The minimum atomic E-state index is -0.595. The molecule has 0 spiro atoms. The van der Waals surface area contributed by atoms with Gasteiger partial charge in [-0.1, -0.05) is 23.2 Å². The van der Waals surface area contributed by atoms with Crippen molar-refractivity contribution >= 4 is 40.8 Å². The van der Waals surface area contributed by atoms with Gasteiger partial charge in [0.15, 0.2) is 11.5 Å². The Morgan fingerprint density at radius 1 is 1.12 bits per heavy atom. The Labute approximate surface area is 147 Å². The van der Waals surface area contributed by atoms with Gasteiger partial charge < -0.3 is 19.5 Å². The van der Waals surface area contributed by atoms with Crippen LogP contribution in [0.25, 0.3) is 0 Å². The highest BCUT2D eigenvalue weighted by Gasteiger charge is 2.21. The molecule has 3 rings (SSSR count). The Morgan fingerprint density at radius 3 is 2.67 bits per heavy atom. The number of hydrogen-bond acceptors (Lipinski definition) is 5. The van der Waals surface area contributed by atoms with Crippen molar-refractivity contribution < 1.29 is 23.8 Å². The number of amides is 1. The largest absolute Gasteiger partial charge is 0.465 e. The molecule has 8 heteroatoms. The van der Waals surface area contributed by atoms with Gasteiger partial charge >= 0.3 is 5.97 Å². The fourth-order valence-electron chi connectivity index (χ4n) is 2.17. The van der Waals surface area contributed by atoms with E-state index in [1.807, 2.05) is 0 Å². The third-order valence-electron chi connectivity index (χ3n) is 3.32. The van der Waals surface area contributed by atoms with Gasteiger partial charge in [0.2, 0.25) is 6.79 Å². The van der Waals surface area contributed by atoms with Gasteiger partial charge in [-0.3, -0.25) is 4.79 Å². The lowest BCUT2D eigenvalue weighted by molar-refractivity contribution is 0.0600. The molecule has 1 heterocycles. The van der Waals surface area contributed by atoms with E-state index >= 15 is 0 Å². The summed E-state index contributed by atoms with van der Waals surface area (Å²) in [4.78, 5) is 24.0. The quantitative estimate of drug-likeness (QED) is 0.836. The maximum atomic E-state index is 12.4. The van der Waals surface area contributed by atoms with Crippen LogP contribution in [0.2, 0.25) is 10.0 Å². The van der Waals surface area contributed by atoms with Gasteiger partial charge in [-0.15, -0.1) is 0 Å². The van der Waals surface area contributed by atoms with Crippen LogP contribution in [-0.2, 0) is 4.74 Å². The van der Waals surface area contributed by atoms with Crippen LogP contribution in [0, 0.1) is 0 Å². The van der Waals surface area contributed by atoms with E-state index in [1.54, 1.807) is 6.07 Å².